The summed E-state index contributed by atoms with van der Waals surface area (Å²) in [6.07, 6.45) is 0.673. The number of sulfonamides is 1. The molecule has 3 aromatic carbocycles. The largest absolute Gasteiger partial charge is 0.497 e. The third-order valence-electron chi connectivity index (χ3n) is 11.9. The zero-order valence-electron chi connectivity index (χ0n) is 35.2. The van der Waals surface area contributed by atoms with E-state index < -0.39 is 86.9 Å². The third-order valence-corrected chi connectivity index (χ3v) is 14.0. The summed E-state index contributed by atoms with van der Waals surface area (Å²) >= 11 is 0. The molecule has 1 aliphatic heterocycles. The molecule has 5 atom stereocenters. The normalized spacial score (nSPS) is 21.9. The average molecular weight is 870 g/mol. The topological polar surface area (TPSA) is 182 Å². The van der Waals surface area contributed by atoms with Crippen LogP contribution >= 0.6 is 0 Å². The number of alkyl halides is 1. The molecule has 328 valence electrons. The van der Waals surface area contributed by atoms with Gasteiger partial charge >= 0.3 is 6.09 Å². The molecule has 5 unspecified atom stereocenters. The van der Waals surface area contributed by atoms with Crippen molar-refractivity contribution < 1.29 is 46.2 Å². The lowest BCUT2D eigenvalue weighted by Gasteiger charge is -2.35. The molecular formula is C46H52FN5O9S. The third kappa shape index (κ3) is 9.10. The predicted octanol–water partition coefficient (Wildman–Crippen LogP) is 5.65. The minimum absolute atomic E-state index is 0.0453. The van der Waals surface area contributed by atoms with Crippen LogP contribution in [-0.4, -0.2) is 97.5 Å². The van der Waals surface area contributed by atoms with Gasteiger partial charge in [-0.05, 0) is 48.8 Å². The van der Waals surface area contributed by atoms with Crippen LogP contribution in [0.15, 0.2) is 97.6 Å². The van der Waals surface area contributed by atoms with E-state index in [1.165, 1.54) is 11.0 Å². The molecule has 3 aliphatic rings. The van der Waals surface area contributed by atoms with Crippen LogP contribution in [0.3, 0.4) is 0 Å². The highest BCUT2D eigenvalue weighted by Crippen LogP contribution is 2.49. The number of amides is 4. The van der Waals surface area contributed by atoms with Gasteiger partial charge in [0.05, 0.1) is 29.6 Å². The first-order valence-corrected chi connectivity index (χ1v) is 22.1. The van der Waals surface area contributed by atoms with Crippen molar-refractivity contribution in [1.82, 2.24) is 25.2 Å². The van der Waals surface area contributed by atoms with Crippen LogP contribution in [-0.2, 0) is 35.6 Å². The molecule has 1 saturated heterocycles. The maximum atomic E-state index is 14.7. The molecule has 2 aliphatic carbocycles. The summed E-state index contributed by atoms with van der Waals surface area (Å²) in [5.41, 5.74) is 0.238. The van der Waals surface area contributed by atoms with Gasteiger partial charge in [0, 0.05) is 35.4 Å². The lowest BCUT2D eigenvalue weighted by molar-refractivity contribution is -0.142. The number of nitrogens with one attached hydrogen (secondary N) is 3. The van der Waals surface area contributed by atoms with Gasteiger partial charge in [-0.3, -0.25) is 19.1 Å². The molecule has 0 bridgehead atoms. The molecule has 16 heteroatoms. The maximum absolute atomic E-state index is 14.7. The monoisotopic (exact) mass is 869 g/mol. The number of fused-ring (bicyclic) bond motifs is 1. The molecule has 0 spiro atoms. The molecule has 3 N–H and O–H groups in total. The molecule has 0 radical (unpaired) electrons. The van der Waals surface area contributed by atoms with Crippen molar-refractivity contribution in [3.8, 4) is 22.8 Å². The number of carbonyl (C=O) groups is 4. The number of nitrogens with zero attached hydrogens (tertiary/aromatic N) is 2. The van der Waals surface area contributed by atoms with Crippen molar-refractivity contribution >= 4 is 44.7 Å². The van der Waals surface area contributed by atoms with Gasteiger partial charge < -0.3 is 29.7 Å². The second-order valence-corrected chi connectivity index (χ2v) is 19.4. The zero-order valence-corrected chi connectivity index (χ0v) is 36.0. The van der Waals surface area contributed by atoms with E-state index in [1.807, 2.05) is 60.7 Å². The maximum Gasteiger partial charge on any atom is 0.407 e. The lowest BCUT2D eigenvalue weighted by Crippen LogP contribution is -2.60. The minimum atomic E-state index is -4.19. The number of halogens is 1. The number of carbonyl (C=O) groups excluding carboxylic acids is 4. The first-order valence-electron chi connectivity index (χ1n) is 20.6. The summed E-state index contributed by atoms with van der Waals surface area (Å²) in [5, 5.41) is 6.03. The smallest absolute Gasteiger partial charge is 0.407 e. The first-order chi connectivity index (χ1) is 29.5. The summed E-state index contributed by atoms with van der Waals surface area (Å²) < 4.78 is 58.8. The number of alkyl carbamates (subject to hydrolysis) is 1. The van der Waals surface area contributed by atoms with Crippen LogP contribution < -0.4 is 24.8 Å². The molecule has 2 saturated carbocycles. The quantitative estimate of drug-likeness (QED) is 0.119. The fourth-order valence-corrected chi connectivity index (χ4v) is 9.76. The average Bonchev–Trinajstić information content (AvgIpc) is 4.16. The SMILES string of the molecule is C=CC1CC1(NC(=O)C1CC(Oc2cc(-c3ccccc3)nc3cc(OC)ccc23)CN1C(=O)C(NC(=O)OCCF)C(C)(C)C)C(=O)NS(=O)(=O)C1(Cc2ccccc2)CC1. The molecule has 4 amide bonds. The number of methoxy groups -OCH3 is 1. The second kappa shape index (κ2) is 17.4. The van der Waals surface area contributed by atoms with Crippen molar-refractivity contribution in [3.05, 3.63) is 103 Å². The van der Waals surface area contributed by atoms with Crippen molar-refractivity contribution in [2.24, 2.45) is 11.3 Å². The van der Waals surface area contributed by atoms with E-state index in [2.05, 4.69) is 21.9 Å². The number of benzene rings is 3. The van der Waals surface area contributed by atoms with Crippen LogP contribution in [0, 0.1) is 11.3 Å². The van der Waals surface area contributed by atoms with E-state index in [1.54, 1.807) is 52.1 Å². The van der Waals surface area contributed by atoms with Gasteiger partial charge in [0.1, 0.15) is 48.5 Å². The number of hydrogen-bond donors (Lipinski definition) is 3. The van der Waals surface area contributed by atoms with Gasteiger partial charge in [-0.1, -0.05) is 87.5 Å². The highest BCUT2D eigenvalue weighted by atomic mass is 32.2. The van der Waals surface area contributed by atoms with Crippen LogP contribution in [0.1, 0.15) is 52.0 Å². The molecule has 3 fully saturated rings. The van der Waals surface area contributed by atoms with E-state index in [0.717, 1.165) is 11.1 Å². The Hall–Kier alpha value is -6.03. The standard InChI is InChI=1S/C46H52FN5O9S/c1-6-31-27-46(31,42(55)51-62(57,58)45(19-20-45)26-29-13-9-7-10-14-29)50-40(53)37-24-33(28-52(37)41(54)39(44(2,3)4)49-43(56)60-22-21-47)61-38-25-35(30-15-11-8-12-16-30)48-36-23-32(59-5)17-18-34(36)38/h6-18,23,25,31,33,37,39H,1,19-22,24,26-28H2,2-5H3,(H,49,56)(H,50,53)(H,51,55). The van der Waals surface area contributed by atoms with Crippen molar-refractivity contribution in [1.29, 1.82) is 0 Å². The Labute approximate surface area is 360 Å². The fourth-order valence-electron chi connectivity index (χ4n) is 8.12. The Morgan fingerprint density at radius 3 is 2.32 bits per heavy atom. The summed E-state index contributed by atoms with van der Waals surface area (Å²) in [4.78, 5) is 62.4. The van der Waals surface area contributed by atoms with Crippen LogP contribution in [0.4, 0.5) is 9.18 Å². The second-order valence-electron chi connectivity index (χ2n) is 17.3. The Kier molecular flexibility index (Phi) is 12.3. The van der Waals surface area contributed by atoms with Crippen LogP contribution in [0.5, 0.6) is 11.5 Å². The van der Waals surface area contributed by atoms with Crippen LogP contribution in [0.2, 0.25) is 0 Å². The molecule has 1 aromatic heterocycles. The molecule has 62 heavy (non-hydrogen) atoms. The molecule has 7 rings (SSSR count). The van der Waals surface area contributed by atoms with Gasteiger partial charge in [0.25, 0.3) is 5.91 Å². The number of aromatic nitrogens is 1. The molecule has 4 aromatic rings. The number of rotatable bonds is 16. The Morgan fingerprint density at radius 1 is 1.02 bits per heavy atom. The van der Waals surface area contributed by atoms with Gasteiger partial charge in [0.15, 0.2) is 0 Å². The van der Waals surface area contributed by atoms with E-state index in [0.29, 0.717) is 40.9 Å². The highest BCUT2D eigenvalue weighted by Gasteiger charge is 2.63. The van der Waals surface area contributed by atoms with Gasteiger partial charge in [-0.15, -0.1) is 6.58 Å². The number of likely N-dealkylation sites (tertiary alicyclic amines) is 1. The molecular weight excluding hydrogens is 818 g/mol. The molecule has 2 heterocycles. The summed E-state index contributed by atoms with van der Waals surface area (Å²) in [5.74, 6) is -1.87. The first kappa shape index (κ1) is 44.0. The van der Waals surface area contributed by atoms with E-state index >= 15 is 0 Å². The fraction of sp³-hybridized carbons (Fsp3) is 0.413. The summed E-state index contributed by atoms with van der Waals surface area (Å²) in [6, 6.07) is 23.3. The Bertz CT molecular complexity index is 2460. The summed E-state index contributed by atoms with van der Waals surface area (Å²) in [7, 11) is -2.64. The van der Waals surface area contributed by atoms with E-state index in [-0.39, 0.29) is 25.8 Å². The lowest BCUT2D eigenvalue weighted by atomic mass is 9.85. The number of pyridine rings is 1. The summed E-state index contributed by atoms with van der Waals surface area (Å²) in [6.45, 7) is 7.42. The van der Waals surface area contributed by atoms with Crippen molar-refractivity contribution in [2.75, 3.05) is 26.9 Å². The van der Waals surface area contributed by atoms with E-state index in [4.69, 9.17) is 19.2 Å². The van der Waals surface area contributed by atoms with Crippen molar-refractivity contribution in [2.45, 2.75) is 81.3 Å². The zero-order chi connectivity index (χ0) is 44.5. The Morgan fingerprint density at radius 2 is 1.71 bits per heavy atom. The predicted molar refractivity (Wildman–Crippen MR) is 230 cm³/mol. The van der Waals surface area contributed by atoms with E-state index in [9.17, 15) is 32.0 Å². The highest BCUT2D eigenvalue weighted by molar-refractivity contribution is 7.91. The Balaban J connectivity index is 1.19. The van der Waals surface area contributed by atoms with Gasteiger partial charge in [0.2, 0.25) is 21.8 Å². The minimum Gasteiger partial charge on any atom is -0.497 e. The van der Waals surface area contributed by atoms with Crippen molar-refractivity contribution in [3.63, 3.8) is 0 Å². The number of hydrogen-bond acceptors (Lipinski definition) is 10. The molecule has 14 nitrogen and oxygen atoms in total. The van der Waals surface area contributed by atoms with Crippen LogP contribution in [0.25, 0.3) is 22.2 Å². The van der Waals surface area contributed by atoms with Gasteiger partial charge in [-0.25, -0.2) is 22.6 Å². The van der Waals surface area contributed by atoms with Gasteiger partial charge in [-0.2, -0.15) is 0 Å². The number of ether oxygens (including phenoxy) is 3.